The first-order chi connectivity index (χ1) is 10.2. The van der Waals surface area contributed by atoms with Crippen molar-refractivity contribution in [3.05, 3.63) is 77.4 Å². The van der Waals surface area contributed by atoms with Crippen molar-refractivity contribution in [1.82, 2.24) is 0 Å². The van der Waals surface area contributed by atoms with Crippen LogP contribution in [0, 0.1) is 0 Å². The number of ketones is 1. The summed E-state index contributed by atoms with van der Waals surface area (Å²) >= 11 is 0. The normalized spacial score (nSPS) is 11.3. The Hall–Kier alpha value is -2.65. The summed E-state index contributed by atoms with van der Waals surface area (Å²) in [6, 6.07) is 14.0. The van der Waals surface area contributed by atoms with Crippen LogP contribution >= 0.6 is 0 Å². The number of carbonyl (C=O) groups excluding carboxylic acids is 1. The largest absolute Gasteiger partial charge is 0.508 e. The van der Waals surface area contributed by atoms with Gasteiger partial charge in [0.2, 0.25) is 0 Å². The molecular weight excluding hydrogens is 264 g/mol. The number of allylic oxidation sites excluding steroid dienone is 2. The number of rotatable bonds is 5. The van der Waals surface area contributed by atoms with Crippen LogP contribution in [0.1, 0.15) is 16.7 Å². The molecule has 2 aromatic carbocycles. The first-order valence-corrected chi connectivity index (χ1v) is 6.56. The van der Waals surface area contributed by atoms with Crippen LogP contribution in [-0.4, -0.2) is 16.0 Å². The van der Waals surface area contributed by atoms with Crippen LogP contribution in [0.25, 0.3) is 12.2 Å². The molecule has 0 radical (unpaired) electrons. The summed E-state index contributed by atoms with van der Waals surface area (Å²) in [5, 5.41) is 18.3. The van der Waals surface area contributed by atoms with Gasteiger partial charge >= 0.3 is 0 Å². The van der Waals surface area contributed by atoms with Gasteiger partial charge in [0.1, 0.15) is 5.75 Å². The molecule has 0 fully saturated rings. The van der Waals surface area contributed by atoms with E-state index in [1.54, 1.807) is 36.4 Å². The summed E-state index contributed by atoms with van der Waals surface area (Å²) in [5.41, 5.74) is 2.50. The standard InChI is InChI=1S/C18H16O3/c19-13-16-6-4-14(5-7-16)8-10-17(20)11-9-15-2-1-3-18(21)12-15/h1-12,19,21H,13H2. The lowest BCUT2D eigenvalue weighted by atomic mass is 10.1. The van der Waals surface area contributed by atoms with Crippen molar-refractivity contribution in [2.75, 3.05) is 0 Å². The van der Waals surface area contributed by atoms with Crippen molar-refractivity contribution in [3.8, 4) is 5.75 Å². The molecule has 0 atom stereocenters. The summed E-state index contributed by atoms with van der Waals surface area (Å²) < 4.78 is 0. The van der Waals surface area contributed by atoms with Gasteiger partial charge < -0.3 is 10.2 Å². The van der Waals surface area contributed by atoms with E-state index in [1.807, 2.05) is 24.3 Å². The molecule has 0 saturated carbocycles. The van der Waals surface area contributed by atoms with Gasteiger partial charge in [-0.05, 0) is 41.0 Å². The van der Waals surface area contributed by atoms with Crippen molar-refractivity contribution < 1.29 is 15.0 Å². The first kappa shape index (κ1) is 14.8. The molecule has 0 saturated heterocycles. The van der Waals surface area contributed by atoms with Crippen LogP contribution in [0.3, 0.4) is 0 Å². The number of hydrogen-bond acceptors (Lipinski definition) is 3. The summed E-state index contributed by atoms with van der Waals surface area (Å²) in [7, 11) is 0. The average Bonchev–Trinajstić information content (AvgIpc) is 2.51. The van der Waals surface area contributed by atoms with Crippen LogP contribution in [0.5, 0.6) is 5.75 Å². The number of aromatic hydroxyl groups is 1. The Morgan fingerprint density at radius 2 is 1.62 bits per heavy atom. The van der Waals surface area contributed by atoms with Gasteiger partial charge in [-0.25, -0.2) is 0 Å². The summed E-state index contributed by atoms with van der Waals surface area (Å²) in [6.07, 6.45) is 6.30. The molecule has 106 valence electrons. The molecule has 0 aliphatic heterocycles. The van der Waals surface area contributed by atoms with Gasteiger partial charge in [0.25, 0.3) is 0 Å². The van der Waals surface area contributed by atoms with E-state index in [0.29, 0.717) is 0 Å². The van der Waals surface area contributed by atoms with E-state index in [1.165, 1.54) is 12.2 Å². The molecule has 2 N–H and O–H groups in total. The molecule has 0 unspecified atom stereocenters. The lowest BCUT2D eigenvalue weighted by molar-refractivity contribution is -0.110. The number of phenols is 1. The molecule has 0 aliphatic rings. The van der Waals surface area contributed by atoms with Crippen molar-refractivity contribution in [3.63, 3.8) is 0 Å². The molecule has 2 rings (SSSR count). The fraction of sp³-hybridized carbons (Fsp3) is 0.0556. The Bertz CT molecular complexity index is 667. The molecule has 2 aromatic rings. The Balaban J connectivity index is 1.98. The predicted molar refractivity (Wildman–Crippen MR) is 83.5 cm³/mol. The molecular formula is C18H16O3. The Morgan fingerprint density at radius 1 is 0.952 bits per heavy atom. The molecule has 3 nitrogen and oxygen atoms in total. The van der Waals surface area contributed by atoms with Crippen molar-refractivity contribution in [2.24, 2.45) is 0 Å². The maximum Gasteiger partial charge on any atom is 0.178 e. The maximum atomic E-state index is 11.7. The second-order valence-electron chi connectivity index (χ2n) is 4.56. The molecule has 0 aliphatic carbocycles. The van der Waals surface area contributed by atoms with Gasteiger partial charge in [-0.3, -0.25) is 4.79 Å². The monoisotopic (exact) mass is 280 g/mol. The van der Waals surface area contributed by atoms with Crippen LogP contribution in [-0.2, 0) is 11.4 Å². The van der Waals surface area contributed by atoms with Crippen LogP contribution in [0.15, 0.2) is 60.7 Å². The summed E-state index contributed by atoms with van der Waals surface area (Å²) in [6.45, 7) is 0.00951. The zero-order valence-electron chi connectivity index (χ0n) is 11.4. The van der Waals surface area contributed by atoms with Gasteiger partial charge in [-0.2, -0.15) is 0 Å². The molecule has 21 heavy (non-hydrogen) atoms. The third-order valence-electron chi connectivity index (χ3n) is 2.91. The minimum atomic E-state index is -0.135. The first-order valence-electron chi connectivity index (χ1n) is 6.56. The highest BCUT2D eigenvalue weighted by molar-refractivity contribution is 6.04. The maximum absolute atomic E-state index is 11.7. The van der Waals surface area contributed by atoms with Crippen molar-refractivity contribution in [1.29, 1.82) is 0 Å². The third kappa shape index (κ3) is 4.75. The Morgan fingerprint density at radius 3 is 2.24 bits per heavy atom. The minimum absolute atomic E-state index is 0.00951. The van der Waals surface area contributed by atoms with Gasteiger partial charge in [0.05, 0.1) is 6.61 Å². The van der Waals surface area contributed by atoms with Gasteiger partial charge in [0.15, 0.2) is 5.78 Å². The van der Waals surface area contributed by atoms with E-state index in [-0.39, 0.29) is 18.1 Å². The van der Waals surface area contributed by atoms with E-state index in [4.69, 9.17) is 5.11 Å². The van der Waals surface area contributed by atoms with E-state index in [9.17, 15) is 9.90 Å². The molecule has 3 heteroatoms. The number of aliphatic hydroxyl groups excluding tert-OH is 1. The van der Waals surface area contributed by atoms with E-state index in [2.05, 4.69) is 0 Å². The number of aliphatic hydroxyl groups is 1. The van der Waals surface area contributed by atoms with E-state index >= 15 is 0 Å². The molecule has 0 amide bonds. The summed E-state index contributed by atoms with van der Waals surface area (Å²) in [4.78, 5) is 11.7. The SMILES string of the molecule is O=C(C=Cc1ccc(CO)cc1)C=Cc1cccc(O)c1. The predicted octanol–water partition coefficient (Wildman–Crippen LogP) is 3.18. The second kappa shape index (κ2) is 7.22. The smallest absolute Gasteiger partial charge is 0.178 e. The zero-order chi connectivity index (χ0) is 15.1. The average molecular weight is 280 g/mol. The van der Waals surface area contributed by atoms with Gasteiger partial charge in [-0.1, -0.05) is 48.6 Å². The highest BCUT2D eigenvalue weighted by Gasteiger charge is 1.94. The quantitative estimate of drug-likeness (QED) is 0.827. The Kier molecular flexibility index (Phi) is 5.07. The zero-order valence-corrected chi connectivity index (χ0v) is 11.4. The van der Waals surface area contributed by atoms with Crippen molar-refractivity contribution >= 4 is 17.9 Å². The molecule has 0 spiro atoms. The molecule has 0 bridgehead atoms. The van der Waals surface area contributed by atoms with Crippen LogP contribution in [0.4, 0.5) is 0 Å². The fourth-order valence-electron chi connectivity index (χ4n) is 1.77. The van der Waals surface area contributed by atoms with Crippen LogP contribution in [0.2, 0.25) is 0 Å². The lowest BCUT2D eigenvalue weighted by Crippen LogP contribution is -1.86. The number of benzene rings is 2. The lowest BCUT2D eigenvalue weighted by Gasteiger charge is -1.96. The van der Waals surface area contributed by atoms with E-state index < -0.39 is 0 Å². The fourth-order valence-corrected chi connectivity index (χ4v) is 1.77. The highest BCUT2D eigenvalue weighted by Crippen LogP contribution is 2.12. The third-order valence-corrected chi connectivity index (χ3v) is 2.91. The highest BCUT2D eigenvalue weighted by atomic mass is 16.3. The number of carbonyl (C=O) groups is 1. The Labute approximate surface area is 123 Å². The van der Waals surface area contributed by atoms with Crippen molar-refractivity contribution in [2.45, 2.75) is 6.61 Å². The topological polar surface area (TPSA) is 57.5 Å². The van der Waals surface area contributed by atoms with Crippen LogP contribution < -0.4 is 0 Å². The number of phenolic OH excluding ortho intramolecular Hbond substituents is 1. The minimum Gasteiger partial charge on any atom is -0.508 e. The molecule has 0 heterocycles. The molecule has 0 aromatic heterocycles. The van der Waals surface area contributed by atoms with E-state index in [0.717, 1.165) is 16.7 Å². The summed E-state index contributed by atoms with van der Waals surface area (Å²) in [5.74, 6) is 0.0358. The second-order valence-corrected chi connectivity index (χ2v) is 4.56. The number of hydrogen-bond donors (Lipinski definition) is 2. The van der Waals surface area contributed by atoms with Gasteiger partial charge in [0, 0.05) is 0 Å². The van der Waals surface area contributed by atoms with Gasteiger partial charge in [-0.15, -0.1) is 0 Å².